The van der Waals surface area contributed by atoms with Gasteiger partial charge in [-0.1, -0.05) is 0 Å². The van der Waals surface area contributed by atoms with Crippen LogP contribution >= 0.6 is 24.8 Å². The first-order valence-corrected chi connectivity index (χ1v) is 5.77. The molecule has 0 aromatic heterocycles. The summed E-state index contributed by atoms with van der Waals surface area (Å²) in [6.45, 7) is 5.15. The highest BCUT2D eigenvalue weighted by atomic mass is 35.5. The van der Waals surface area contributed by atoms with Gasteiger partial charge in [0.2, 0.25) is 0 Å². The van der Waals surface area contributed by atoms with Crippen molar-refractivity contribution in [2.75, 3.05) is 39.3 Å². The summed E-state index contributed by atoms with van der Waals surface area (Å²) >= 11 is 0. The number of nitrogens with one attached hydrogen (secondary N) is 1. The van der Waals surface area contributed by atoms with E-state index in [4.69, 9.17) is 5.73 Å². The first-order chi connectivity index (χ1) is 7.27. The van der Waals surface area contributed by atoms with Crippen molar-refractivity contribution in [1.82, 2.24) is 15.1 Å². The van der Waals surface area contributed by atoms with E-state index in [1.807, 2.05) is 9.80 Å². The molecule has 0 bridgehead atoms. The minimum absolute atomic E-state index is 0. The molecule has 0 aromatic carbocycles. The summed E-state index contributed by atoms with van der Waals surface area (Å²) in [7, 11) is 0. The molecule has 0 aliphatic carbocycles. The SMILES string of the molecule is Cl.Cl.NC1CCN(C(=O)N2CCNCC2)CC1. The van der Waals surface area contributed by atoms with Crippen LogP contribution in [0.3, 0.4) is 0 Å². The molecule has 102 valence electrons. The van der Waals surface area contributed by atoms with Gasteiger partial charge in [-0.05, 0) is 12.8 Å². The van der Waals surface area contributed by atoms with Crippen molar-refractivity contribution in [2.24, 2.45) is 5.73 Å². The molecule has 2 heterocycles. The third-order valence-corrected chi connectivity index (χ3v) is 3.20. The van der Waals surface area contributed by atoms with Crippen LogP contribution in [0.15, 0.2) is 0 Å². The second-order valence-electron chi connectivity index (χ2n) is 4.34. The summed E-state index contributed by atoms with van der Waals surface area (Å²) in [5, 5.41) is 3.25. The number of halogens is 2. The molecule has 0 unspecified atom stereocenters. The second-order valence-corrected chi connectivity index (χ2v) is 4.34. The number of piperidine rings is 1. The molecule has 2 saturated heterocycles. The average Bonchev–Trinajstić information content (AvgIpc) is 2.30. The first-order valence-electron chi connectivity index (χ1n) is 5.77. The van der Waals surface area contributed by atoms with Crippen LogP contribution in [-0.4, -0.2) is 61.1 Å². The molecular weight excluding hydrogens is 263 g/mol. The second kappa shape index (κ2) is 7.97. The Morgan fingerprint density at radius 3 is 2.00 bits per heavy atom. The average molecular weight is 285 g/mol. The van der Waals surface area contributed by atoms with E-state index < -0.39 is 0 Å². The number of urea groups is 1. The monoisotopic (exact) mass is 284 g/mol. The fraction of sp³-hybridized carbons (Fsp3) is 0.900. The van der Waals surface area contributed by atoms with Gasteiger partial charge in [-0.3, -0.25) is 0 Å². The lowest BCUT2D eigenvalue weighted by Gasteiger charge is -2.36. The van der Waals surface area contributed by atoms with E-state index in [9.17, 15) is 4.79 Å². The van der Waals surface area contributed by atoms with Gasteiger partial charge in [-0.15, -0.1) is 24.8 Å². The van der Waals surface area contributed by atoms with E-state index in [0.717, 1.165) is 52.1 Å². The lowest BCUT2D eigenvalue weighted by Crippen LogP contribution is -2.53. The molecule has 7 heteroatoms. The van der Waals surface area contributed by atoms with E-state index in [-0.39, 0.29) is 36.9 Å². The van der Waals surface area contributed by atoms with Crippen LogP contribution in [0.2, 0.25) is 0 Å². The summed E-state index contributed by atoms with van der Waals surface area (Å²) in [6.07, 6.45) is 1.88. The van der Waals surface area contributed by atoms with E-state index in [0.29, 0.717) is 0 Å². The van der Waals surface area contributed by atoms with Crippen molar-refractivity contribution >= 4 is 30.8 Å². The zero-order chi connectivity index (χ0) is 10.7. The summed E-state index contributed by atoms with van der Waals surface area (Å²) in [5.74, 6) is 0. The zero-order valence-corrected chi connectivity index (χ0v) is 11.6. The Kier molecular flexibility index (Phi) is 7.87. The molecule has 2 aliphatic rings. The fourth-order valence-electron chi connectivity index (χ4n) is 2.15. The predicted molar refractivity (Wildman–Crippen MR) is 73.1 cm³/mol. The van der Waals surface area contributed by atoms with E-state index in [2.05, 4.69) is 5.32 Å². The van der Waals surface area contributed by atoms with Crippen molar-refractivity contribution in [1.29, 1.82) is 0 Å². The maximum absolute atomic E-state index is 12.0. The molecule has 2 fully saturated rings. The number of nitrogens with zero attached hydrogens (tertiary/aromatic N) is 2. The standard InChI is InChI=1S/C10H20N4O.2ClH/c11-9-1-5-13(6-2-9)10(15)14-7-3-12-4-8-14;;/h9,12H,1-8,11H2;2*1H. The van der Waals surface area contributed by atoms with Gasteiger partial charge in [-0.2, -0.15) is 0 Å². The van der Waals surface area contributed by atoms with Gasteiger partial charge in [0, 0.05) is 45.3 Å². The molecule has 0 spiro atoms. The van der Waals surface area contributed by atoms with Crippen molar-refractivity contribution in [3.63, 3.8) is 0 Å². The largest absolute Gasteiger partial charge is 0.328 e. The Morgan fingerprint density at radius 1 is 1.00 bits per heavy atom. The summed E-state index contributed by atoms with van der Waals surface area (Å²) in [6, 6.07) is 0.487. The van der Waals surface area contributed by atoms with Crippen LogP contribution < -0.4 is 11.1 Å². The van der Waals surface area contributed by atoms with Crippen molar-refractivity contribution in [3.05, 3.63) is 0 Å². The molecule has 2 rings (SSSR count). The van der Waals surface area contributed by atoms with E-state index >= 15 is 0 Å². The molecule has 3 N–H and O–H groups in total. The number of hydrogen-bond acceptors (Lipinski definition) is 3. The Labute approximate surface area is 115 Å². The van der Waals surface area contributed by atoms with Gasteiger partial charge in [0.1, 0.15) is 0 Å². The van der Waals surface area contributed by atoms with E-state index in [1.165, 1.54) is 0 Å². The maximum atomic E-state index is 12.0. The summed E-state index contributed by atoms with van der Waals surface area (Å²) in [5.41, 5.74) is 5.81. The maximum Gasteiger partial charge on any atom is 0.320 e. The van der Waals surface area contributed by atoms with Gasteiger partial charge in [0.25, 0.3) is 0 Å². The lowest BCUT2D eigenvalue weighted by molar-refractivity contribution is 0.135. The van der Waals surface area contributed by atoms with Crippen LogP contribution in [0.1, 0.15) is 12.8 Å². The molecule has 0 atom stereocenters. The number of nitrogens with two attached hydrogens (primary N) is 1. The third-order valence-electron chi connectivity index (χ3n) is 3.20. The molecule has 0 aromatic rings. The van der Waals surface area contributed by atoms with Gasteiger partial charge in [-0.25, -0.2) is 4.79 Å². The van der Waals surface area contributed by atoms with Gasteiger partial charge < -0.3 is 20.9 Å². The topological polar surface area (TPSA) is 61.6 Å². The number of likely N-dealkylation sites (tertiary alicyclic amines) is 1. The first kappa shape index (κ1) is 16.8. The fourth-order valence-corrected chi connectivity index (χ4v) is 2.15. The zero-order valence-electron chi connectivity index (χ0n) is 9.93. The van der Waals surface area contributed by atoms with Crippen molar-refractivity contribution < 1.29 is 4.79 Å². The van der Waals surface area contributed by atoms with Gasteiger partial charge in [0.15, 0.2) is 0 Å². The molecule has 5 nitrogen and oxygen atoms in total. The number of rotatable bonds is 0. The quantitative estimate of drug-likeness (QED) is 0.672. The van der Waals surface area contributed by atoms with Crippen LogP contribution in [0.4, 0.5) is 4.79 Å². The van der Waals surface area contributed by atoms with Crippen molar-refractivity contribution in [2.45, 2.75) is 18.9 Å². The Bertz CT molecular complexity index is 228. The van der Waals surface area contributed by atoms with Crippen molar-refractivity contribution in [3.8, 4) is 0 Å². The highest BCUT2D eigenvalue weighted by molar-refractivity contribution is 5.85. The van der Waals surface area contributed by atoms with Gasteiger partial charge >= 0.3 is 6.03 Å². The van der Waals surface area contributed by atoms with Crippen LogP contribution in [0.25, 0.3) is 0 Å². The number of piperazine rings is 1. The van der Waals surface area contributed by atoms with Crippen LogP contribution in [-0.2, 0) is 0 Å². The predicted octanol–water partition coefficient (Wildman–Crippen LogP) is 0.278. The Morgan fingerprint density at radius 2 is 1.47 bits per heavy atom. The molecule has 2 aliphatic heterocycles. The van der Waals surface area contributed by atoms with E-state index in [1.54, 1.807) is 0 Å². The Hall–Kier alpha value is -0.230. The highest BCUT2D eigenvalue weighted by Crippen LogP contribution is 2.11. The number of amides is 2. The van der Waals surface area contributed by atoms with Crippen LogP contribution in [0, 0.1) is 0 Å². The number of hydrogen-bond donors (Lipinski definition) is 2. The molecule has 17 heavy (non-hydrogen) atoms. The molecule has 0 saturated carbocycles. The third kappa shape index (κ3) is 4.50. The summed E-state index contributed by atoms with van der Waals surface area (Å²) in [4.78, 5) is 15.9. The lowest BCUT2D eigenvalue weighted by atomic mass is 10.1. The minimum Gasteiger partial charge on any atom is -0.328 e. The van der Waals surface area contributed by atoms with Gasteiger partial charge in [0.05, 0.1) is 0 Å². The highest BCUT2D eigenvalue weighted by Gasteiger charge is 2.25. The molecule has 0 radical (unpaired) electrons. The van der Waals surface area contributed by atoms with Crippen LogP contribution in [0.5, 0.6) is 0 Å². The molecular formula is C10H22Cl2N4O. The normalized spacial score (nSPS) is 21.5. The minimum atomic E-state index is 0. The smallest absolute Gasteiger partial charge is 0.320 e. The number of carbonyl (C=O) groups is 1. The number of carbonyl (C=O) groups excluding carboxylic acids is 1. The Balaban J connectivity index is 0.00000128. The summed E-state index contributed by atoms with van der Waals surface area (Å²) < 4.78 is 0. The molecule has 2 amide bonds.